The Morgan fingerprint density at radius 3 is 2.21 bits per heavy atom. The van der Waals surface area contributed by atoms with E-state index in [4.69, 9.17) is 9.47 Å². The Morgan fingerprint density at radius 1 is 0.848 bits per heavy atom. The summed E-state index contributed by atoms with van der Waals surface area (Å²) in [7, 11) is 0. The molecule has 0 radical (unpaired) electrons. The van der Waals surface area contributed by atoms with Crippen LogP contribution in [0.25, 0.3) is 0 Å². The molecule has 0 amide bonds. The van der Waals surface area contributed by atoms with Crippen LogP contribution >= 0.6 is 0 Å². The number of unbranched alkanes of at least 4 members (excludes halogenated alkanes) is 9. The first-order valence-electron chi connectivity index (χ1n) is 12.8. The summed E-state index contributed by atoms with van der Waals surface area (Å²) < 4.78 is 11.1. The van der Waals surface area contributed by atoms with Crippen LogP contribution in [0.1, 0.15) is 83.1 Å². The summed E-state index contributed by atoms with van der Waals surface area (Å²) in [5, 5.41) is 39.2. The summed E-state index contributed by atoms with van der Waals surface area (Å²) in [6.07, 6.45) is 13.1. The molecule has 0 bridgehead atoms. The van der Waals surface area contributed by atoms with Gasteiger partial charge < -0.3 is 29.9 Å². The molecule has 4 N–H and O–H groups in total. The zero-order valence-corrected chi connectivity index (χ0v) is 20.1. The highest BCUT2D eigenvalue weighted by Crippen LogP contribution is 2.25. The van der Waals surface area contributed by atoms with Gasteiger partial charge in [-0.15, -0.1) is 0 Å². The van der Waals surface area contributed by atoms with E-state index in [-0.39, 0.29) is 0 Å². The van der Waals surface area contributed by atoms with Crippen molar-refractivity contribution < 1.29 is 29.9 Å². The van der Waals surface area contributed by atoms with E-state index in [2.05, 4.69) is 19.1 Å². The molecule has 2 rings (SSSR count). The number of aliphatic hydroxyl groups excluding tert-OH is 4. The average molecular weight is 465 g/mol. The summed E-state index contributed by atoms with van der Waals surface area (Å²) in [4.78, 5) is 0. The Morgan fingerprint density at radius 2 is 1.52 bits per heavy atom. The monoisotopic (exact) mass is 464 g/mol. The van der Waals surface area contributed by atoms with Crippen LogP contribution in [0.4, 0.5) is 0 Å². The van der Waals surface area contributed by atoms with E-state index in [0.29, 0.717) is 5.75 Å². The van der Waals surface area contributed by atoms with E-state index in [9.17, 15) is 20.4 Å². The number of ether oxygens (including phenoxy) is 2. The van der Waals surface area contributed by atoms with E-state index in [0.717, 1.165) is 18.4 Å². The molecule has 0 spiro atoms. The second-order valence-electron chi connectivity index (χ2n) is 9.09. The van der Waals surface area contributed by atoms with Crippen LogP contribution in [0.15, 0.2) is 36.4 Å². The number of aryl methyl sites for hydroxylation is 1. The van der Waals surface area contributed by atoms with Gasteiger partial charge in [-0.1, -0.05) is 69.7 Å². The highest BCUT2D eigenvalue weighted by Gasteiger charge is 2.44. The third-order valence-electron chi connectivity index (χ3n) is 6.23. The third-order valence-corrected chi connectivity index (χ3v) is 6.23. The minimum absolute atomic E-state index is 0.472. The van der Waals surface area contributed by atoms with Crippen LogP contribution in [0.5, 0.6) is 5.75 Å². The molecule has 1 heterocycles. The smallest absolute Gasteiger partial charge is 0.229 e. The molecule has 6 nitrogen and oxygen atoms in total. The fourth-order valence-corrected chi connectivity index (χ4v) is 4.12. The van der Waals surface area contributed by atoms with E-state index in [1.165, 1.54) is 64.2 Å². The number of hydrogen-bond acceptors (Lipinski definition) is 6. The van der Waals surface area contributed by atoms with Crippen molar-refractivity contribution in [1.82, 2.24) is 0 Å². The molecular formula is C27H44O6. The van der Waals surface area contributed by atoms with Crippen molar-refractivity contribution in [3.63, 3.8) is 0 Å². The van der Waals surface area contributed by atoms with Crippen molar-refractivity contribution in [2.24, 2.45) is 0 Å². The number of allylic oxidation sites excluding steroid dienone is 2. The van der Waals surface area contributed by atoms with Crippen molar-refractivity contribution in [3.8, 4) is 5.75 Å². The molecular weight excluding hydrogens is 420 g/mol. The molecule has 1 saturated heterocycles. The Bertz CT molecular complexity index is 662. The number of aliphatic hydroxyl groups is 4. The van der Waals surface area contributed by atoms with Gasteiger partial charge in [0, 0.05) is 0 Å². The molecule has 1 aromatic rings. The molecule has 188 valence electrons. The average Bonchev–Trinajstić information content (AvgIpc) is 2.82. The zero-order chi connectivity index (χ0) is 23.9. The maximum atomic E-state index is 10.1. The minimum atomic E-state index is -1.44. The van der Waals surface area contributed by atoms with Crippen molar-refractivity contribution >= 4 is 0 Å². The van der Waals surface area contributed by atoms with Gasteiger partial charge >= 0.3 is 0 Å². The fraction of sp³-hybridized carbons (Fsp3) is 0.704. The Kier molecular flexibility index (Phi) is 13.7. The third kappa shape index (κ3) is 10.1. The predicted octanol–water partition coefficient (Wildman–Crippen LogP) is 4.28. The molecule has 1 aliphatic rings. The predicted molar refractivity (Wildman–Crippen MR) is 130 cm³/mol. The van der Waals surface area contributed by atoms with Crippen LogP contribution < -0.4 is 4.74 Å². The van der Waals surface area contributed by atoms with Gasteiger partial charge in [0.1, 0.15) is 30.2 Å². The van der Waals surface area contributed by atoms with Gasteiger partial charge in [0.15, 0.2) is 0 Å². The van der Waals surface area contributed by atoms with E-state index in [1.807, 2.05) is 18.2 Å². The first-order valence-corrected chi connectivity index (χ1v) is 12.8. The Balaban J connectivity index is 1.62. The summed E-state index contributed by atoms with van der Waals surface area (Å²) in [6.45, 7) is 1.77. The second kappa shape index (κ2) is 16.2. The zero-order valence-electron chi connectivity index (χ0n) is 20.1. The quantitative estimate of drug-likeness (QED) is 0.215. The Labute approximate surface area is 199 Å². The second-order valence-corrected chi connectivity index (χ2v) is 9.09. The minimum Gasteiger partial charge on any atom is -0.462 e. The van der Waals surface area contributed by atoms with Crippen LogP contribution in [0.3, 0.4) is 0 Å². The van der Waals surface area contributed by atoms with Crippen LogP contribution in [0, 0.1) is 0 Å². The summed E-state index contributed by atoms with van der Waals surface area (Å²) in [5.41, 5.74) is 1.14. The van der Waals surface area contributed by atoms with Crippen LogP contribution in [-0.4, -0.2) is 57.7 Å². The lowest BCUT2D eigenvalue weighted by atomic mass is 9.99. The standard InChI is InChI=1S/C27H44O6/c1-2-3-4-5-6-7-8-9-10-11-12-13-14-16-21-17-15-18-22(19-21)32-27-26(31)25(30)24(29)23(20-28)33-27/h7-8,15,17-19,23-31H,2-6,9-14,16,20H2,1H3/b8-7-/t23?,24-,25+,26?,27-/m1/s1. The van der Waals surface area contributed by atoms with E-state index < -0.39 is 37.3 Å². The van der Waals surface area contributed by atoms with Gasteiger partial charge in [-0.25, -0.2) is 0 Å². The lowest BCUT2D eigenvalue weighted by molar-refractivity contribution is -0.277. The molecule has 0 saturated carbocycles. The summed E-state index contributed by atoms with van der Waals surface area (Å²) >= 11 is 0. The lowest BCUT2D eigenvalue weighted by Crippen LogP contribution is -2.60. The van der Waals surface area contributed by atoms with E-state index >= 15 is 0 Å². The fourth-order valence-electron chi connectivity index (χ4n) is 4.12. The first kappa shape index (κ1) is 27.8. The maximum absolute atomic E-state index is 10.1. The number of hydrogen-bond donors (Lipinski definition) is 4. The van der Waals surface area contributed by atoms with Crippen molar-refractivity contribution in [2.45, 2.75) is 115 Å². The van der Waals surface area contributed by atoms with Gasteiger partial charge in [0.05, 0.1) is 6.61 Å². The Hall–Kier alpha value is -1.44. The molecule has 0 aromatic heterocycles. The molecule has 6 heteroatoms. The first-order chi connectivity index (χ1) is 16.1. The lowest BCUT2D eigenvalue weighted by Gasteiger charge is -2.39. The number of benzene rings is 1. The van der Waals surface area contributed by atoms with Gasteiger partial charge in [-0.2, -0.15) is 0 Å². The summed E-state index contributed by atoms with van der Waals surface area (Å²) in [6, 6.07) is 7.61. The highest BCUT2D eigenvalue weighted by atomic mass is 16.7. The van der Waals surface area contributed by atoms with Gasteiger partial charge in [0.2, 0.25) is 6.29 Å². The highest BCUT2D eigenvalue weighted by molar-refractivity contribution is 5.28. The van der Waals surface area contributed by atoms with Crippen LogP contribution in [0.2, 0.25) is 0 Å². The molecule has 5 atom stereocenters. The largest absolute Gasteiger partial charge is 0.462 e. The van der Waals surface area contributed by atoms with Gasteiger partial charge in [-0.3, -0.25) is 0 Å². The van der Waals surface area contributed by atoms with Crippen molar-refractivity contribution in [2.75, 3.05) is 6.61 Å². The normalized spacial score (nSPS) is 25.5. The van der Waals surface area contributed by atoms with Gasteiger partial charge in [-0.05, 0) is 56.2 Å². The van der Waals surface area contributed by atoms with Crippen LogP contribution in [-0.2, 0) is 11.2 Å². The molecule has 2 unspecified atom stereocenters. The number of rotatable bonds is 16. The molecule has 0 aliphatic carbocycles. The van der Waals surface area contributed by atoms with Gasteiger partial charge in [0.25, 0.3) is 0 Å². The van der Waals surface area contributed by atoms with Crippen molar-refractivity contribution in [1.29, 1.82) is 0 Å². The SMILES string of the molecule is CCCCCC/C=C\CCCCCCCc1cccc(O[C@@H]2OC(CO)[C@@H](O)[C@H](O)C2O)c1. The maximum Gasteiger partial charge on any atom is 0.229 e. The molecule has 1 aliphatic heterocycles. The van der Waals surface area contributed by atoms with E-state index in [1.54, 1.807) is 6.07 Å². The van der Waals surface area contributed by atoms with Crippen molar-refractivity contribution in [3.05, 3.63) is 42.0 Å². The molecule has 33 heavy (non-hydrogen) atoms. The molecule has 1 aromatic carbocycles. The summed E-state index contributed by atoms with van der Waals surface area (Å²) in [5.74, 6) is 0.526. The topological polar surface area (TPSA) is 99.4 Å². The molecule has 1 fully saturated rings.